The summed E-state index contributed by atoms with van der Waals surface area (Å²) in [7, 11) is 0. The van der Waals surface area contributed by atoms with Crippen molar-refractivity contribution in [1.29, 1.82) is 0 Å². The van der Waals surface area contributed by atoms with Gasteiger partial charge in [0.15, 0.2) is 0 Å². The van der Waals surface area contributed by atoms with Crippen molar-refractivity contribution in [1.82, 2.24) is 0 Å². The highest BCUT2D eigenvalue weighted by atomic mass is 16.4. The number of rotatable bonds is 7. The maximum atomic E-state index is 6.31. The molecule has 0 heterocycles. The van der Waals surface area contributed by atoms with Crippen molar-refractivity contribution in [2.45, 2.75) is 26.8 Å². The lowest BCUT2D eigenvalue weighted by Gasteiger charge is -2.19. The molecule has 0 aliphatic rings. The molecule has 1 unspecified atom stereocenters. The quantitative estimate of drug-likeness (QED) is 0.667. The monoisotopic (exact) mass is 345 g/mol. The van der Waals surface area contributed by atoms with Crippen LogP contribution in [0.1, 0.15) is 18.6 Å². The van der Waals surface area contributed by atoms with Crippen molar-refractivity contribution in [2.75, 3.05) is 6.61 Å². The topological polar surface area (TPSA) is 35.2 Å². The third kappa shape index (κ3) is 5.58. The summed E-state index contributed by atoms with van der Waals surface area (Å²) in [5, 5.41) is 0. The van der Waals surface area contributed by atoms with Crippen molar-refractivity contribution in [3.05, 3.63) is 96.1 Å². The molecule has 0 bridgehead atoms. The molecule has 0 saturated heterocycles. The van der Waals surface area contributed by atoms with Gasteiger partial charge >= 0.3 is 6.92 Å². The summed E-state index contributed by atoms with van der Waals surface area (Å²) in [5.74, 6) is 0. The molecule has 0 saturated carbocycles. The summed E-state index contributed by atoms with van der Waals surface area (Å²) < 4.78 is 6.26. The third-order valence-corrected chi connectivity index (χ3v) is 4.30. The van der Waals surface area contributed by atoms with E-state index >= 15 is 0 Å². The van der Waals surface area contributed by atoms with Crippen LogP contribution in [0.3, 0.4) is 0 Å². The van der Waals surface area contributed by atoms with Gasteiger partial charge in [-0.1, -0.05) is 97.9 Å². The van der Waals surface area contributed by atoms with Crippen LogP contribution >= 0.6 is 0 Å². The zero-order valence-corrected chi connectivity index (χ0v) is 14.6. The smallest absolute Gasteiger partial charge is 0.361 e. The van der Waals surface area contributed by atoms with Gasteiger partial charge in [0, 0.05) is 12.6 Å². The Labute approximate surface area is 158 Å². The molecule has 0 fully saturated rings. The summed E-state index contributed by atoms with van der Waals surface area (Å²) in [4.78, 5) is 0. The molecule has 134 valence electrons. The average molecular weight is 345 g/mol. The first-order valence-electron chi connectivity index (χ1n) is 8.75. The molecule has 26 heavy (non-hydrogen) atoms. The van der Waals surface area contributed by atoms with Gasteiger partial charge in [0.05, 0.1) is 0 Å². The van der Waals surface area contributed by atoms with E-state index in [2.05, 4.69) is 55.5 Å². The second-order valence-electron chi connectivity index (χ2n) is 6.48. The molecule has 2 N–H and O–H groups in total. The second kappa shape index (κ2) is 9.96. The zero-order chi connectivity index (χ0) is 17.5. The summed E-state index contributed by atoms with van der Waals surface area (Å²) in [6.07, 6.45) is 0.816. The summed E-state index contributed by atoms with van der Waals surface area (Å²) in [6.45, 7) is 2.52. The Morgan fingerprint density at radius 1 is 0.808 bits per heavy atom. The zero-order valence-electron chi connectivity index (χ0n) is 14.6. The molecule has 2 nitrogen and oxygen atoms in total. The van der Waals surface area contributed by atoms with E-state index in [1.54, 1.807) is 0 Å². The fourth-order valence-electron chi connectivity index (χ4n) is 2.95. The molecular formula is C23H28BNO. The van der Waals surface area contributed by atoms with E-state index in [0.717, 1.165) is 17.3 Å². The predicted octanol–water partition coefficient (Wildman–Crippen LogP) is 3.32. The van der Waals surface area contributed by atoms with Gasteiger partial charge in [0.1, 0.15) is 0 Å². The van der Waals surface area contributed by atoms with Crippen molar-refractivity contribution < 1.29 is 4.65 Å². The van der Waals surface area contributed by atoms with Gasteiger partial charge in [-0.3, -0.25) is 0 Å². The largest absolute Gasteiger partial charge is 0.425 e. The minimum absolute atomic E-state index is 0. The molecule has 3 aromatic carbocycles. The third-order valence-electron chi connectivity index (χ3n) is 4.30. The average Bonchev–Trinajstić information content (AvgIpc) is 2.65. The van der Waals surface area contributed by atoms with Gasteiger partial charge in [-0.05, 0) is 29.8 Å². The van der Waals surface area contributed by atoms with E-state index < -0.39 is 0 Å². The normalized spacial score (nSPS) is 11.5. The minimum atomic E-state index is -0.0939. The highest BCUT2D eigenvalue weighted by Crippen LogP contribution is 2.04. The Morgan fingerprint density at radius 2 is 1.35 bits per heavy atom. The molecule has 0 aliphatic carbocycles. The van der Waals surface area contributed by atoms with Gasteiger partial charge in [-0.25, -0.2) is 0 Å². The Morgan fingerprint density at radius 3 is 1.96 bits per heavy atom. The lowest BCUT2D eigenvalue weighted by molar-refractivity contribution is 0.300. The van der Waals surface area contributed by atoms with Crippen molar-refractivity contribution in [3.63, 3.8) is 0 Å². The molecule has 3 rings (SSSR count). The Hall–Kier alpha value is -2.36. The van der Waals surface area contributed by atoms with Crippen LogP contribution in [0.4, 0.5) is 0 Å². The fraction of sp³-hybridized carbons (Fsp3) is 0.217. The SMILES string of the molecule is C.Cc1ccc(B(OCC(N)Cc2ccccc2)c2ccccc2)cc1. The van der Waals surface area contributed by atoms with Crippen LogP contribution in [0.25, 0.3) is 0 Å². The van der Waals surface area contributed by atoms with Crippen LogP contribution in [0.15, 0.2) is 84.9 Å². The first-order chi connectivity index (χ1) is 12.2. The van der Waals surface area contributed by atoms with E-state index in [1.807, 2.05) is 36.4 Å². The maximum Gasteiger partial charge on any atom is 0.361 e. The van der Waals surface area contributed by atoms with E-state index in [1.165, 1.54) is 11.1 Å². The van der Waals surface area contributed by atoms with Gasteiger partial charge in [-0.15, -0.1) is 0 Å². The molecule has 0 aliphatic heterocycles. The summed E-state index contributed by atoms with van der Waals surface area (Å²) >= 11 is 0. The fourth-order valence-corrected chi connectivity index (χ4v) is 2.95. The van der Waals surface area contributed by atoms with Crippen LogP contribution in [0.5, 0.6) is 0 Å². The first kappa shape index (κ1) is 20.0. The maximum absolute atomic E-state index is 6.31. The van der Waals surface area contributed by atoms with Crippen molar-refractivity contribution in [2.24, 2.45) is 5.73 Å². The molecule has 0 radical (unpaired) electrons. The van der Waals surface area contributed by atoms with E-state index in [4.69, 9.17) is 10.4 Å². The highest BCUT2D eigenvalue weighted by Gasteiger charge is 2.22. The minimum Gasteiger partial charge on any atom is -0.425 e. The number of hydrogen-bond acceptors (Lipinski definition) is 2. The van der Waals surface area contributed by atoms with Crippen LogP contribution in [-0.4, -0.2) is 19.6 Å². The van der Waals surface area contributed by atoms with Crippen LogP contribution in [-0.2, 0) is 11.1 Å². The Bertz CT molecular complexity index is 759. The van der Waals surface area contributed by atoms with E-state index in [0.29, 0.717) is 6.61 Å². The molecule has 3 heteroatoms. The van der Waals surface area contributed by atoms with Crippen LogP contribution in [0, 0.1) is 6.92 Å². The lowest BCUT2D eigenvalue weighted by Crippen LogP contribution is -2.47. The van der Waals surface area contributed by atoms with E-state index in [-0.39, 0.29) is 20.4 Å². The van der Waals surface area contributed by atoms with Crippen molar-refractivity contribution >= 4 is 17.8 Å². The van der Waals surface area contributed by atoms with Gasteiger partial charge < -0.3 is 10.4 Å². The van der Waals surface area contributed by atoms with Crippen LogP contribution in [0.2, 0.25) is 0 Å². The number of hydrogen-bond donors (Lipinski definition) is 1. The molecular weight excluding hydrogens is 317 g/mol. The number of aryl methyl sites for hydroxylation is 1. The lowest BCUT2D eigenvalue weighted by atomic mass is 9.55. The van der Waals surface area contributed by atoms with Gasteiger partial charge in [-0.2, -0.15) is 0 Å². The van der Waals surface area contributed by atoms with Crippen molar-refractivity contribution in [3.8, 4) is 0 Å². The Kier molecular flexibility index (Phi) is 7.64. The summed E-state index contributed by atoms with van der Waals surface area (Å²) in [5.41, 5.74) is 11.1. The number of benzene rings is 3. The molecule has 3 aromatic rings. The van der Waals surface area contributed by atoms with Crippen LogP contribution < -0.4 is 16.7 Å². The predicted molar refractivity (Wildman–Crippen MR) is 113 cm³/mol. The first-order valence-corrected chi connectivity index (χ1v) is 8.75. The standard InChI is InChI=1S/C22H24BNO.CH4/c1-18-12-14-21(15-13-18)23(20-10-6-3-7-11-20)25-17-22(24)16-19-8-4-2-5-9-19;/h2-15,22H,16-17,24H2,1H3;1H4. The Balaban J connectivity index is 0.00000243. The molecule has 0 aromatic heterocycles. The second-order valence-corrected chi connectivity index (χ2v) is 6.48. The molecule has 1 atom stereocenters. The van der Waals surface area contributed by atoms with Gasteiger partial charge in [0.25, 0.3) is 0 Å². The molecule has 0 amide bonds. The molecule has 0 spiro atoms. The van der Waals surface area contributed by atoms with E-state index in [9.17, 15) is 0 Å². The summed E-state index contributed by atoms with van der Waals surface area (Å²) in [6, 6.07) is 29.1. The number of nitrogens with two attached hydrogens (primary N) is 1. The van der Waals surface area contributed by atoms with Gasteiger partial charge in [0.2, 0.25) is 0 Å². The highest BCUT2D eigenvalue weighted by molar-refractivity contribution is 6.80.